The van der Waals surface area contributed by atoms with Gasteiger partial charge in [-0.05, 0) is 65.1 Å². The minimum absolute atomic E-state index is 0.0693. The quantitative estimate of drug-likeness (QED) is 0.298. The van der Waals surface area contributed by atoms with Gasteiger partial charge in [0.2, 0.25) is 5.91 Å². The number of carbonyl (C=O) groups excluding carboxylic acids is 1. The van der Waals surface area contributed by atoms with Gasteiger partial charge in [-0.3, -0.25) is 4.79 Å². The van der Waals surface area contributed by atoms with Crippen molar-refractivity contribution in [3.63, 3.8) is 0 Å². The second-order valence-electron chi connectivity index (χ2n) is 8.36. The number of carbonyl (C=O) groups is 1. The Bertz CT molecular complexity index is 1220. The Labute approximate surface area is 205 Å². The van der Waals surface area contributed by atoms with Crippen LogP contribution < -0.4 is 9.64 Å². The number of aromatic hydroxyl groups is 1. The van der Waals surface area contributed by atoms with E-state index in [9.17, 15) is 14.3 Å². The lowest BCUT2D eigenvalue weighted by atomic mass is 10.1. The molecule has 178 valence electrons. The zero-order valence-electron chi connectivity index (χ0n) is 19.4. The molecular weight excluding hydrogens is 441 g/mol. The molecule has 0 aliphatic heterocycles. The van der Waals surface area contributed by atoms with Gasteiger partial charge < -0.3 is 14.7 Å². The molecule has 0 bridgehead atoms. The zero-order valence-corrected chi connectivity index (χ0v) is 19.4. The second kappa shape index (κ2) is 11.8. The highest BCUT2D eigenvalue weighted by Gasteiger charge is 2.17. The number of rotatable bonds is 10. The molecular formula is C30H28FNO3. The van der Waals surface area contributed by atoms with Gasteiger partial charge in [-0.1, -0.05) is 66.7 Å². The minimum Gasteiger partial charge on any atom is -0.508 e. The summed E-state index contributed by atoms with van der Waals surface area (Å²) in [4.78, 5) is 15.0. The number of benzene rings is 4. The molecule has 0 unspecified atom stereocenters. The van der Waals surface area contributed by atoms with E-state index in [1.807, 2.05) is 54.6 Å². The lowest BCUT2D eigenvalue weighted by Crippen LogP contribution is -2.34. The fourth-order valence-corrected chi connectivity index (χ4v) is 3.82. The fraction of sp³-hybridized carbons (Fsp3) is 0.167. The number of halogens is 1. The van der Waals surface area contributed by atoms with E-state index in [1.54, 1.807) is 53.4 Å². The Morgan fingerprint density at radius 1 is 0.771 bits per heavy atom. The summed E-state index contributed by atoms with van der Waals surface area (Å²) in [5, 5.41) is 9.53. The molecule has 0 saturated carbocycles. The van der Waals surface area contributed by atoms with Crippen LogP contribution in [0.2, 0.25) is 0 Å². The van der Waals surface area contributed by atoms with Crippen molar-refractivity contribution in [2.75, 3.05) is 11.4 Å². The summed E-state index contributed by atoms with van der Waals surface area (Å²) < 4.78 is 19.0. The summed E-state index contributed by atoms with van der Waals surface area (Å²) >= 11 is 0. The van der Waals surface area contributed by atoms with Crippen molar-refractivity contribution in [3.05, 3.63) is 125 Å². The van der Waals surface area contributed by atoms with Crippen LogP contribution in [-0.4, -0.2) is 17.6 Å². The average Bonchev–Trinajstić information content (AvgIpc) is 2.90. The van der Waals surface area contributed by atoms with Crippen LogP contribution in [0.5, 0.6) is 11.5 Å². The smallest absolute Gasteiger partial charge is 0.231 e. The van der Waals surface area contributed by atoms with Crippen LogP contribution in [-0.2, 0) is 30.9 Å². The molecule has 4 aromatic carbocycles. The van der Waals surface area contributed by atoms with E-state index in [1.165, 1.54) is 0 Å². The van der Waals surface area contributed by atoms with Crippen molar-refractivity contribution < 1.29 is 19.0 Å². The van der Waals surface area contributed by atoms with Crippen LogP contribution in [0.15, 0.2) is 103 Å². The molecule has 4 aromatic rings. The normalized spacial score (nSPS) is 10.7. The molecule has 0 aliphatic rings. The summed E-state index contributed by atoms with van der Waals surface area (Å²) in [5.74, 6) is 0.870. The van der Waals surface area contributed by atoms with E-state index in [0.717, 1.165) is 28.1 Å². The van der Waals surface area contributed by atoms with E-state index >= 15 is 0 Å². The van der Waals surface area contributed by atoms with Gasteiger partial charge in [0.05, 0.1) is 6.42 Å². The standard InChI is InChI=1S/C30H28FNO3/c31-21-25-9-13-27(14-10-25)32(30(34)20-24-11-15-28(33)16-12-24)18-17-23-7-4-8-29(19-23)35-22-26-5-2-1-3-6-26/h1-16,19,33H,17-18,20-22H2. The van der Waals surface area contributed by atoms with Gasteiger partial charge in [-0.2, -0.15) is 0 Å². The molecule has 4 rings (SSSR count). The fourth-order valence-electron chi connectivity index (χ4n) is 3.82. The van der Waals surface area contributed by atoms with Crippen molar-refractivity contribution in [3.8, 4) is 11.5 Å². The van der Waals surface area contributed by atoms with E-state index in [0.29, 0.717) is 25.1 Å². The Morgan fingerprint density at radius 2 is 1.46 bits per heavy atom. The van der Waals surface area contributed by atoms with Gasteiger partial charge in [-0.15, -0.1) is 0 Å². The monoisotopic (exact) mass is 469 g/mol. The average molecular weight is 470 g/mol. The lowest BCUT2D eigenvalue weighted by Gasteiger charge is -2.23. The number of hydrogen-bond donors (Lipinski definition) is 1. The van der Waals surface area contributed by atoms with Gasteiger partial charge in [0.15, 0.2) is 0 Å². The highest BCUT2D eigenvalue weighted by molar-refractivity contribution is 5.94. The molecule has 4 nitrogen and oxygen atoms in total. The van der Waals surface area contributed by atoms with Crippen LogP contribution in [0.1, 0.15) is 22.3 Å². The molecule has 5 heteroatoms. The molecule has 0 spiro atoms. The van der Waals surface area contributed by atoms with Gasteiger partial charge in [0, 0.05) is 12.2 Å². The first-order valence-electron chi connectivity index (χ1n) is 11.6. The van der Waals surface area contributed by atoms with Crippen molar-refractivity contribution >= 4 is 11.6 Å². The third-order valence-corrected chi connectivity index (χ3v) is 5.77. The number of phenolic OH excluding ortho intramolecular Hbond substituents is 1. The zero-order chi connectivity index (χ0) is 24.5. The van der Waals surface area contributed by atoms with E-state index in [2.05, 4.69) is 0 Å². The number of anilines is 1. The van der Waals surface area contributed by atoms with Crippen LogP contribution in [0.4, 0.5) is 10.1 Å². The number of nitrogens with zero attached hydrogens (tertiary/aromatic N) is 1. The first kappa shape index (κ1) is 24.0. The summed E-state index contributed by atoms with van der Waals surface area (Å²) in [7, 11) is 0. The Hall–Kier alpha value is -4.12. The molecule has 0 aromatic heterocycles. The number of ether oxygens (including phenoxy) is 1. The van der Waals surface area contributed by atoms with E-state index < -0.39 is 6.67 Å². The third-order valence-electron chi connectivity index (χ3n) is 5.77. The maximum absolute atomic E-state index is 13.3. The Balaban J connectivity index is 1.46. The van der Waals surface area contributed by atoms with Crippen molar-refractivity contribution in [2.45, 2.75) is 26.1 Å². The van der Waals surface area contributed by atoms with Gasteiger partial charge >= 0.3 is 0 Å². The number of amides is 1. The topological polar surface area (TPSA) is 49.8 Å². The largest absolute Gasteiger partial charge is 0.508 e. The minimum atomic E-state index is -0.544. The molecule has 35 heavy (non-hydrogen) atoms. The molecule has 0 aliphatic carbocycles. The highest BCUT2D eigenvalue weighted by Crippen LogP contribution is 2.21. The number of hydrogen-bond acceptors (Lipinski definition) is 3. The Kier molecular flexibility index (Phi) is 8.12. The third kappa shape index (κ3) is 6.93. The first-order valence-corrected chi connectivity index (χ1v) is 11.6. The Morgan fingerprint density at radius 3 is 2.17 bits per heavy atom. The number of phenols is 1. The molecule has 0 fully saturated rings. The van der Waals surface area contributed by atoms with E-state index in [-0.39, 0.29) is 18.1 Å². The molecule has 1 amide bonds. The van der Waals surface area contributed by atoms with Gasteiger partial charge in [0.1, 0.15) is 24.8 Å². The van der Waals surface area contributed by atoms with Crippen LogP contribution in [0.25, 0.3) is 0 Å². The highest BCUT2D eigenvalue weighted by atomic mass is 19.1. The molecule has 0 heterocycles. The number of alkyl halides is 1. The van der Waals surface area contributed by atoms with Crippen LogP contribution in [0.3, 0.4) is 0 Å². The van der Waals surface area contributed by atoms with Crippen molar-refractivity contribution in [1.29, 1.82) is 0 Å². The van der Waals surface area contributed by atoms with Gasteiger partial charge in [0.25, 0.3) is 0 Å². The summed E-state index contributed by atoms with van der Waals surface area (Å²) in [6.45, 7) is 0.411. The van der Waals surface area contributed by atoms with Crippen LogP contribution in [0, 0.1) is 0 Å². The van der Waals surface area contributed by atoms with Crippen LogP contribution >= 0.6 is 0 Å². The van der Waals surface area contributed by atoms with Crippen molar-refractivity contribution in [2.24, 2.45) is 0 Å². The molecule has 0 saturated heterocycles. The van der Waals surface area contributed by atoms with Crippen molar-refractivity contribution in [1.82, 2.24) is 0 Å². The second-order valence-corrected chi connectivity index (χ2v) is 8.36. The summed E-state index contributed by atoms with van der Waals surface area (Å²) in [6, 6.07) is 31.5. The maximum atomic E-state index is 13.3. The predicted molar refractivity (Wildman–Crippen MR) is 136 cm³/mol. The van der Waals surface area contributed by atoms with Gasteiger partial charge in [-0.25, -0.2) is 4.39 Å². The molecule has 0 atom stereocenters. The molecule has 1 N–H and O–H groups in total. The maximum Gasteiger partial charge on any atom is 0.231 e. The summed E-state index contributed by atoms with van der Waals surface area (Å²) in [5.41, 5.74) is 4.26. The predicted octanol–water partition coefficient (Wildman–Crippen LogP) is 6.26. The lowest BCUT2D eigenvalue weighted by molar-refractivity contribution is -0.118. The van der Waals surface area contributed by atoms with E-state index in [4.69, 9.17) is 4.74 Å². The summed E-state index contributed by atoms with van der Waals surface area (Å²) in [6.07, 6.45) is 0.833. The molecule has 0 radical (unpaired) electrons. The SMILES string of the molecule is O=C(Cc1ccc(O)cc1)N(CCc1cccc(OCc2ccccc2)c1)c1ccc(CF)cc1. The first-order chi connectivity index (χ1) is 17.1.